The highest BCUT2D eigenvalue weighted by Crippen LogP contribution is 2.32. The molecule has 0 spiro atoms. The minimum absolute atomic E-state index is 0.160. The van der Waals surface area contributed by atoms with Gasteiger partial charge in [0.2, 0.25) is 5.91 Å². The first-order chi connectivity index (χ1) is 12.0. The Balaban J connectivity index is 1.90. The number of ether oxygens (including phenoxy) is 2. The zero-order valence-corrected chi connectivity index (χ0v) is 16.0. The van der Waals surface area contributed by atoms with E-state index in [1.165, 1.54) is 0 Å². The number of rotatable bonds is 8. The predicted octanol–water partition coefficient (Wildman–Crippen LogP) is 2.70. The SMILES string of the molecule is COc1cc(CCNC(=O)[C@@H](N)Cc2ccccc2)c(OC)cc1Br. The minimum atomic E-state index is -0.566. The Morgan fingerprint density at radius 1 is 1.16 bits per heavy atom. The average Bonchev–Trinajstić information content (AvgIpc) is 2.63. The number of carbonyl (C=O) groups is 1. The number of methoxy groups -OCH3 is 2. The summed E-state index contributed by atoms with van der Waals surface area (Å²) in [5.74, 6) is 1.31. The molecular weight excluding hydrogens is 384 g/mol. The van der Waals surface area contributed by atoms with Crippen LogP contribution in [0.4, 0.5) is 0 Å². The number of nitrogens with one attached hydrogen (secondary N) is 1. The normalized spacial score (nSPS) is 11.7. The zero-order valence-electron chi connectivity index (χ0n) is 14.4. The van der Waals surface area contributed by atoms with E-state index in [2.05, 4.69) is 21.2 Å². The van der Waals surface area contributed by atoms with Crippen LogP contribution in [0.3, 0.4) is 0 Å². The monoisotopic (exact) mass is 406 g/mol. The second kappa shape index (κ2) is 9.44. The summed E-state index contributed by atoms with van der Waals surface area (Å²) in [5, 5.41) is 2.88. The number of halogens is 1. The van der Waals surface area contributed by atoms with Crippen molar-refractivity contribution in [2.24, 2.45) is 5.73 Å². The van der Waals surface area contributed by atoms with Gasteiger partial charge in [-0.2, -0.15) is 0 Å². The van der Waals surface area contributed by atoms with Gasteiger partial charge in [-0.3, -0.25) is 4.79 Å². The number of carbonyl (C=O) groups excluding carboxylic acids is 1. The van der Waals surface area contributed by atoms with E-state index < -0.39 is 6.04 Å². The molecule has 2 aromatic carbocycles. The van der Waals surface area contributed by atoms with Gasteiger partial charge in [0.1, 0.15) is 11.5 Å². The third-order valence-corrected chi connectivity index (χ3v) is 4.50. The first kappa shape index (κ1) is 19.3. The lowest BCUT2D eigenvalue weighted by molar-refractivity contribution is -0.122. The fourth-order valence-electron chi connectivity index (χ4n) is 2.53. The molecule has 3 N–H and O–H groups in total. The van der Waals surface area contributed by atoms with Crippen molar-refractivity contribution in [3.8, 4) is 11.5 Å². The molecule has 5 nitrogen and oxygen atoms in total. The summed E-state index contributed by atoms with van der Waals surface area (Å²) in [6.07, 6.45) is 1.14. The van der Waals surface area contributed by atoms with Crippen LogP contribution in [0.1, 0.15) is 11.1 Å². The molecule has 0 aromatic heterocycles. The van der Waals surface area contributed by atoms with Crippen LogP contribution in [0.25, 0.3) is 0 Å². The molecule has 6 heteroatoms. The van der Waals surface area contributed by atoms with E-state index in [0.29, 0.717) is 19.4 Å². The van der Waals surface area contributed by atoms with Crippen LogP contribution in [0.2, 0.25) is 0 Å². The first-order valence-corrected chi connectivity index (χ1v) is 8.82. The lowest BCUT2D eigenvalue weighted by Crippen LogP contribution is -2.42. The molecule has 0 heterocycles. The van der Waals surface area contributed by atoms with Crippen LogP contribution in [0.15, 0.2) is 46.9 Å². The van der Waals surface area contributed by atoms with Gasteiger partial charge >= 0.3 is 0 Å². The van der Waals surface area contributed by atoms with Gasteiger partial charge in [-0.05, 0) is 52.0 Å². The van der Waals surface area contributed by atoms with Crippen molar-refractivity contribution in [3.05, 3.63) is 58.1 Å². The van der Waals surface area contributed by atoms with Crippen molar-refractivity contribution < 1.29 is 14.3 Å². The van der Waals surface area contributed by atoms with E-state index in [0.717, 1.165) is 27.1 Å². The van der Waals surface area contributed by atoms with Gasteiger partial charge in [0.25, 0.3) is 0 Å². The molecule has 0 saturated heterocycles. The molecule has 0 aliphatic carbocycles. The van der Waals surface area contributed by atoms with Crippen LogP contribution in [-0.4, -0.2) is 32.7 Å². The molecule has 0 fully saturated rings. The summed E-state index contributed by atoms with van der Waals surface area (Å²) in [7, 11) is 3.23. The largest absolute Gasteiger partial charge is 0.496 e. The van der Waals surface area contributed by atoms with Crippen LogP contribution in [0, 0.1) is 0 Å². The van der Waals surface area contributed by atoms with Gasteiger partial charge in [0, 0.05) is 6.54 Å². The van der Waals surface area contributed by atoms with Crippen molar-refractivity contribution in [3.63, 3.8) is 0 Å². The number of benzene rings is 2. The highest BCUT2D eigenvalue weighted by molar-refractivity contribution is 9.10. The zero-order chi connectivity index (χ0) is 18.2. The van der Waals surface area contributed by atoms with E-state index in [4.69, 9.17) is 15.2 Å². The number of amides is 1. The molecule has 0 bridgehead atoms. The summed E-state index contributed by atoms with van der Waals surface area (Å²) in [6, 6.07) is 12.9. The fraction of sp³-hybridized carbons (Fsp3) is 0.316. The Morgan fingerprint density at radius 3 is 2.48 bits per heavy atom. The first-order valence-electron chi connectivity index (χ1n) is 8.02. The molecule has 1 amide bonds. The maximum absolute atomic E-state index is 12.2. The highest BCUT2D eigenvalue weighted by Gasteiger charge is 2.14. The summed E-state index contributed by atoms with van der Waals surface area (Å²) >= 11 is 3.43. The maximum Gasteiger partial charge on any atom is 0.237 e. The lowest BCUT2D eigenvalue weighted by atomic mass is 10.1. The Kier molecular flexibility index (Phi) is 7.28. The molecule has 134 valence electrons. The molecule has 2 rings (SSSR count). The molecule has 2 aromatic rings. The van der Waals surface area contributed by atoms with Crippen molar-refractivity contribution in [1.29, 1.82) is 0 Å². The molecule has 0 radical (unpaired) electrons. The lowest BCUT2D eigenvalue weighted by Gasteiger charge is -2.14. The Morgan fingerprint density at radius 2 is 1.84 bits per heavy atom. The van der Waals surface area contributed by atoms with E-state index in [1.807, 2.05) is 42.5 Å². The fourth-order valence-corrected chi connectivity index (χ4v) is 3.02. The Labute approximate surface area is 156 Å². The molecule has 0 unspecified atom stereocenters. The van der Waals surface area contributed by atoms with Crippen LogP contribution >= 0.6 is 15.9 Å². The number of nitrogens with two attached hydrogens (primary N) is 1. The van der Waals surface area contributed by atoms with Crippen molar-refractivity contribution >= 4 is 21.8 Å². The van der Waals surface area contributed by atoms with Crippen LogP contribution in [0.5, 0.6) is 11.5 Å². The highest BCUT2D eigenvalue weighted by atomic mass is 79.9. The van der Waals surface area contributed by atoms with Gasteiger partial charge in [0.15, 0.2) is 0 Å². The molecule has 1 atom stereocenters. The summed E-state index contributed by atoms with van der Waals surface area (Å²) in [6.45, 7) is 0.475. The van der Waals surface area contributed by atoms with Crippen molar-refractivity contribution in [2.45, 2.75) is 18.9 Å². The van der Waals surface area contributed by atoms with Crippen molar-refractivity contribution in [1.82, 2.24) is 5.32 Å². The quantitative estimate of drug-likeness (QED) is 0.706. The third kappa shape index (κ3) is 5.47. The molecule has 0 aliphatic heterocycles. The van der Waals surface area contributed by atoms with E-state index in [1.54, 1.807) is 14.2 Å². The molecule has 25 heavy (non-hydrogen) atoms. The minimum Gasteiger partial charge on any atom is -0.496 e. The summed E-state index contributed by atoms with van der Waals surface area (Å²) in [5.41, 5.74) is 7.99. The molecule has 0 aliphatic rings. The molecular formula is C19H23BrN2O3. The van der Waals surface area contributed by atoms with Gasteiger partial charge < -0.3 is 20.5 Å². The number of hydrogen-bond donors (Lipinski definition) is 2. The standard InChI is InChI=1S/C19H23BrN2O3/c1-24-17-12-15(20)18(25-2)11-14(17)8-9-22-19(23)16(21)10-13-6-4-3-5-7-13/h3-7,11-12,16H,8-10,21H2,1-2H3,(H,22,23)/t16-/m0/s1. The Bertz CT molecular complexity index is 707. The van der Waals surface area contributed by atoms with E-state index in [9.17, 15) is 4.79 Å². The predicted molar refractivity (Wildman–Crippen MR) is 102 cm³/mol. The van der Waals surface area contributed by atoms with Gasteiger partial charge in [0.05, 0.1) is 24.7 Å². The van der Waals surface area contributed by atoms with Crippen LogP contribution in [-0.2, 0) is 17.6 Å². The Hall–Kier alpha value is -2.05. The topological polar surface area (TPSA) is 73.6 Å². The average molecular weight is 407 g/mol. The molecule has 0 saturated carbocycles. The van der Waals surface area contributed by atoms with Gasteiger partial charge in [-0.25, -0.2) is 0 Å². The van der Waals surface area contributed by atoms with Gasteiger partial charge in [-0.15, -0.1) is 0 Å². The van der Waals surface area contributed by atoms with E-state index >= 15 is 0 Å². The maximum atomic E-state index is 12.2. The summed E-state index contributed by atoms with van der Waals surface area (Å²) in [4.78, 5) is 12.2. The second-order valence-electron chi connectivity index (χ2n) is 5.64. The smallest absolute Gasteiger partial charge is 0.237 e. The second-order valence-corrected chi connectivity index (χ2v) is 6.49. The van der Waals surface area contributed by atoms with Crippen LogP contribution < -0.4 is 20.5 Å². The summed E-state index contributed by atoms with van der Waals surface area (Å²) < 4.78 is 11.5. The van der Waals surface area contributed by atoms with Crippen molar-refractivity contribution in [2.75, 3.05) is 20.8 Å². The van der Waals surface area contributed by atoms with E-state index in [-0.39, 0.29) is 5.91 Å². The third-order valence-electron chi connectivity index (χ3n) is 3.88. The van der Waals surface area contributed by atoms with Gasteiger partial charge in [-0.1, -0.05) is 30.3 Å². The number of hydrogen-bond acceptors (Lipinski definition) is 4.